The maximum absolute atomic E-state index is 6.46. The molecule has 6 atom stereocenters. The number of hydrogen-bond donors (Lipinski definition) is 0. The fourth-order valence-electron chi connectivity index (χ4n) is 5.29. The molecule has 5 heterocycles. The van der Waals surface area contributed by atoms with E-state index in [0.717, 1.165) is 30.0 Å². The predicted octanol–water partition coefficient (Wildman–Crippen LogP) is 4.43. The van der Waals surface area contributed by atoms with Crippen LogP contribution in [0.25, 0.3) is 5.76 Å². The summed E-state index contributed by atoms with van der Waals surface area (Å²) in [6.45, 7) is 8.52. The van der Waals surface area contributed by atoms with Gasteiger partial charge >= 0.3 is 0 Å². The van der Waals surface area contributed by atoms with Crippen LogP contribution in [0.1, 0.15) is 56.3 Å². The molecule has 0 amide bonds. The van der Waals surface area contributed by atoms with Crippen molar-refractivity contribution < 1.29 is 19.2 Å². The van der Waals surface area contributed by atoms with Gasteiger partial charge in [0.05, 0.1) is 0 Å². The van der Waals surface area contributed by atoms with E-state index in [1.165, 1.54) is 16.9 Å². The highest BCUT2D eigenvalue weighted by Gasteiger charge is 2.68. The van der Waals surface area contributed by atoms with Crippen LogP contribution in [0, 0.1) is 24.7 Å². The minimum atomic E-state index is -0.729. The second kappa shape index (κ2) is 5.28. The van der Waals surface area contributed by atoms with Crippen molar-refractivity contribution in [1.29, 1.82) is 0 Å². The van der Waals surface area contributed by atoms with Crippen LogP contribution in [0.2, 0.25) is 0 Å². The van der Waals surface area contributed by atoms with Gasteiger partial charge in [-0.25, -0.2) is 14.8 Å². The Kier molecular flexibility index (Phi) is 3.43. The summed E-state index contributed by atoms with van der Waals surface area (Å²) in [7, 11) is 0. The first-order valence-electron chi connectivity index (χ1n) is 9.28. The molecule has 0 aromatic carbocycles. The minimum Gasteiger partial charge on any atom is -0.458 e. The van der Waals surface area contributed by atoms with E-state index in [1.54, 1.807) is 11.3 Å². The molecule has 3 saturated heterocycles. The first-order valence-corrected chi connectivity index (χ1v) is 10.1. The lowest BCUT2D eigenvalue weighted by Crippen LogP contribution is -2.66. The van der Waals surface area contributed by atoms with Gasteiger partial charge < -0.3 is 9.47 Å². The summed E-state index contributed by atoms with van der Waals surface area (Å²) in [6, 6.07) is 0. The van der Waals surface area contributed by atoms with Gasteiger partial charge in [-0.05, 0) is 51.5 Å². The number of aromatic nitrogens is 1. The average molecular weight is 363 g/mol. The van der Waals surface area contributed by atoms with Gasteiger partial charge in [0.15, 0.2) is 16.4 Å². The molecule has 5 aliphatic rings. The number of hydrogen-bond acceptors (Lipinski definition) is 6. The lowest BCUT2D eigenvalue weighted by Gasteiger charge is -2.57. The van der Waals surface area contributed by atoms with Gasteiger partial charge in [-0.2, -0.15) is 0 Å². The number of rotatable bonds is 1. The van der Waals surface area contributed by atoms with Crippen molar-refractivity contribution in [3.63, 3.8) is 0 Å². The number of aryl methyl sites for hydroxylation is 1. The van der Waals surface area contributed by atoms with E-state index >= 15 is 0 Å². The lowest BCUT2D eigenvalue weighted by molar-refractivity contribution is -0.553. The molecule has 6 heteroatoms. The monoisotopic (exact) mass is 363 g/mol. The second-order valence-corrected chi connectivity index (χ2v) is 9.50. The van der Waals surface area contributed by atoms with Crippen molar-refractivity contribution in [1.82, 2.24) is 4.98 Å². The summed E-state index contributed by atoms with van der Waals surface area (Å²) in [4.78, 5) is 17.7. The quantitative estimate of drug-likeness (QED) is 0.691. The third kappa shape index (κ3) is 2.14. The summed E-state index contributed by atoms with van der Waals surface area (Å²) in [5.74, 6) is 1.36. The summed E-state index contributed by atoms with van der Waals surface area (Å²) < 4.78 is 12.8. The van der Waals surface area contributed by atoms with Gasteiger partial charge in [0, 0.05) is 29.3 Å². The summed E-state index contributed by atoms with van der Waals surface area (Å²) >= 11 is 1.67. The van der Waals surface area contributed by atoms with E-state index < -0.39 is 17.7 Å². The zero-order valence-electron chi connectivity index (χ0n) is 15.2. The van der Waals surface area contributed by atoms with E-state index in [9.17, 15) is 0 Å². The fourth-order valence-corrected chi connectivity index (χ4v) is 6.11. The molecule has 1 aliphatic carbocycles. The number of fused-ring (bicyclic) bond motifs is 2. The Morgan fingerprint density at radius 2 is 2.04 bits per heavy atom. The third-order valence-electron chi connectivity index (χ3n) is 6.64. The molecule has 1 spiro atoms. The Morgan fingerprint density at radius 1 is 1.20 bits per heavy atom. The first-order chi connectivity index (χ1) is 11.9. The van der Waals surface area contributed by atoms with Crippen LogP contribution >= 0.6 is 11.3 Å². The van der Waals surface area contributed by atoms with E-state index in [1.807, 2.05) is 13.1 Å². The molecule has 25 heavy (non-hydrogen) atoms. The van der Waals surface area contributed by atoms with Crippen molar-refractivity contribution >= 4 is 17.1 Å². The van der Waals surface area contributed by atoms with Crippen LogP contribution < -0.4 is 0 Å². The highest BCUT2D eigenvalue weighted by Crippen LogP contribution is 2.61. The topological polar surface area (TPSA) is 49.8 Å². The summed E-state index contributed by atoms with van der Waals surface area (Å²) in [6.07, 6.45) is 5.62. The maximum Gasteiger partial charge on any atom is 0.236 e. The number of ether oxygens (including phenoxy) is 2. The molecule has 6 rings (SSSR count). The van der Waals surface area contributed by atoms with Crippen LogP contribution in [-0.4, -0.2) is 22.7 Å². The summed E-state index contributed by atoms with van der Waals surface area (Å²) in [5, 5.41) is 0.940. The third-order valence-corrected chi connectivity index (χ3v) is 7.55. The van der Waals surface area contributed by atoms with Crippen molar-refractivity contribution in [3.8, 4) is 0 Å². The second-order valence-electron chi connectivity index (χ2n) is 8.26. The molecule has 0 radical (unpaired) electrons. The van der Waals surface area contributed by atoms with Crippen LogP contribution in [0.4, 0.5) is 0 Å². The molecular formula is C19H25NO4S. The molecule has 136 valence electrons. The fraction of sp³-hybridized carbons (Fsp3) is 0.737. The molecule has 1 saturated carbocycles. The van der Waals surface area contributed by atoms with Gasteiger partial charge in [-0.15, -0.1) is 11.3 Å². The largest absolute Gasteiger partial charge is 0.458 e. The van der Waals surface area contributed by atoms with Crippen LogP contribution in [0.5, 0.6) is 0 Å². The molecule has 1 aromatic heterocycles. The molecule has 2 bridgehead atoms. The molecular weight excluding hydrogens is 338 g/mol. The van der Waals surface area contributed by atoms with Gasteiger partial charge in [0.1, 0.15) is 0 Å². The predicted molar refractivity (Wildman–Crippen MR) is 93.3 cm³/mol. The normalized spacial score (nSPS) is 45.8. The minimum absolute atomic E-state index is 0.245. The van der Waals surface area contributed by atoms with Crippen LogP contribution in [-0.2, 0) is 19.2 Å². The molecule has 5 nitrogen and oxygen atoms in total. The maximum atomic E-state index is 6.46. The van der Waals surface area contributed by atoms with Gasteiger partial charge in [-0.1, -0.05) is 6.92 Å². The summed E-state index contributed by atoms with van der Waals surface area (Å²) in [5.41, 5.74) is 0.688. The average Bonchev–Trinajstić information content (AvgIpc) is 2.88. The first kappa shape index (κ1) is 16.2. The van der Waals surface area contributed by atoms with Crippen molar-refractivity contribution in [3.05, 3.63) is 21.7 Å². The SMILES string of the molecule is CC1=C(c2ncc(C)s2)O[C@@H]2O[C@@]3(C)CC[C@H]4[C@H](C)CC[C@@H]1[C@@]24OO3. The standard InChI is InChI=1S/C19H25NO4S/c1-10-5-6-14-12(3)15(16-20-9-11(2)25-16)21-17-19(14)13(10)7-8-18(4,22-17)23-24-19/h9-10,13-14,17H,5-8H2,1-4H3/t10-,13+,14+,17-,18-,19-/m1/s1. The van der Waals surface area contributed by atoms with Crippen LogP contribution in [0.15, 0.2) is 11.8 Å². The van der Waals surface area contributed by atoms with Crippen LogP contribution in [0.3, 0.4) is 0 Å². The molecule has 0 N–H and O–H groups in total. The Labute approximate surface area is 152 Å². The van der Waals surface area contributed by atoms with E-state index in [2.05, 4.69) is 25.8 Å². The molecule has 4 fully saturated rings. The Balaban J connectivity index is 1.66. The van der Waals surface area contributed by atoms with Gasteiger partial charge in [-0.3, -0.25) is 0 Å². The van der Waals surface area contributed by atoms with Crippen molar-refractivity contribution in [2.24, 2.45) is 17.8 Å². The van der Waals surface area contributed by atoms with Crippen molar-refractivity contribution in [2.45, 2.75) is 71.1 Å². The lowest BCUT2D eigenvalue weighted by atomic mass is 9.59. The smallest absolute Gasteiger partial charge is 0.236 e. The number of nitrogens with zero attached hydrogens (tertiary/aromatic N) is 1. The Hall–Kier alpha value is -0.950. The van der Waals surface area contributed by atoms with E-state index in [4.69, 9.17) is 19.2 Å². The molecule has 0 unspecified atom stereocenters. The van der Waals surface area contributed by atoms with Gasteiger partial charge in [0.25, 0.3) is 0 Å². The Bertz CT molecular complexity index is 746. The highest BCUT2D eigenvalue weighted by molar-refractivity contribution is 7.12. The zero-order chi connectivity index (χ0) is 17.4. The molecule has 1 aromatic rings. The van der Waals surface area contributed by atoms with E-state index in [-0.39, 0.29) is 5.92 Å². The highest BCUT2D eigenvalue weighted by atomic mass is 32.1. The van der Waals surface area contributed by atoms with Gasteiger partial charge in [0.2, 0.25) is 12.1 Å². The van der Waals surface area contributed by atoms with Crippen molar-refractivity contribution in [2.75, 3.05) is 0 Å². The molecule has 4 aliphatic heterocycles. The zero-order valence-corrected chi connectivity index (χ0v) is 16.0. The number of thiazole rings is 1. The Morgan fingerprint density at radius 3 is 2.80 bits per heavy atom. The van der Waals surface area contributed by atoms with E-state index in [0.29, 0.717) is 11.8 Å².